The number of alkyl halides is 1. The van der Waals surface area contributed by atoms with E-state index in [9.17, 15) is 0 Å². The average Bonchev–Trinajstić information content (AvgIpc) is 2.43. The molecule has 1 saturated carbocycles. The van der Waals surface area contributed by atoms with Gasteiger partial charge in [-0.05, 0) is 49.7 Å². The third-order valence-corrected chi connectivity index (χ3v) is 4.54. The summed E-state index contributed by atoms with van der Waals surface area (Å²) in [7, 11) is 1.67. The van der Waals surface area contributed by atoms with Crippen molar-refractivity contribution in [3.8, 4) is 11.5 Å². The molecule has 0 spiro atoms. The molecule has 3 unspecified atom stereocenters. The molecule has 0 heterocycles. The maximum Gasteiger partial charge on any atom is 0.161 e. The zero-order valence-electron chi connectivity index (χ0n) is 11.8. The summed E-state index contributed by atoms with van der Waals surface area (Å²) in [6, 6.07) is 7.77. The fourth-order valence-corrected chi connectivity index (χ4v) is 3.17. The summed E-state index contributed by atoms with van der Waals surface area (Å²) < 4.78 is 11.1. The van der Waals surface area contributed by atoms with Crippen molar-refractivity contribution in [2.75, 3.05) is 13.7 Å². The second kappa shape index (κ2) is 7.04. The van der Waals surface area contributed by atoms with Gasteiger partial charge in [0.15, 0.2) is 11.5 Å². The second-order valence-corrected chi connectivity index (χ2v) is 6.04. The van der Waals surface area contributed by atoms with E-state index < -0.39 is 0 Å². The standard InChI is InChI=1S/C16H23ClO2/c1-12-7-8-14(17)13(11-12)9-10-19-16-6-4-3-5-15(16)18-2/h3-6,12-14H,7-11H2,1-2H3. The van der Waals surface area contributed by atoms with Gasteiger partial charge in [0.25, 0.3) is 0 Å². The Bertz CT molecular complexity index is 394. The van der Waals surface area contributed by atoms with Gasteiger partial charge in [-0.3, -0.25) is 0 Å². The highest BCUT2D eigenvalue weighted by Gasteiger charge is 2.26. The van der Waals surface area contributed by atoms with Crippen molar-refractivity contribution in [1.29, 1.82) is 0 Å². The van der Waals surface area contributed by atoms with Crippen LogP contribution in [0.25, 0.3) is 0 Å². The predicted octanol–water partition coefficient (Wildman–Crippen LogP) is 4.51. The summed E-state index contributed by atoms with van der Waals surface area (Å²) in [4.78, 5) is 0. The van der Waals surface area contributed by atoms with Crippen molar-refractivity contribution in [3.05, 3.63) is 24.3 Å². The van der Waals surface area contributed by atoms with Crippen LogP contribution >= 0.6 is 11.6 Å². The second-order valence-electron chi connectivity index (χ2n) is 5.48. The molecule has 1 aromatic rings. The Kier molecular flexibility index (Phi) is 5.38. The Morgan fingerprint density at radius 2 is 1.95 bits per heavy atom. The molecule has 0 aliphatic heterocycles. The Morgan fingerprint density at radius 3 is 2.68 bits per heavy atom. The maximum absolute atomic E-state index is 6.41. The minimum absolute atomic E-state index is 0.317. The summed E-state index contributed by atoms with van der Waals surface area (Å²) in [5, 5.41) is 0.317. The molecule has 0 bridgehead atoms. The van der Waals surface area contributed by atoms with Crippen LogP contribution in [0.2, 0.25) is 0 Å². The minimum Gasteiger partial charge on any atom is -0.493 e. The van der Waals surface area contributed by atoms with Gasteiger partial charge in [0.05, 0.1) is 13.7 Å². The number of methoxy groups -OCH3 is 1. The Labute approximate surface area is 121 Å². The van der Waals surface area contributed by atoms with Crippen molar-refractivity contribution in [3.63, 3.8) is 0 Å². The first-order chi connectivity index (χ1) is 9.20. The van der Waals surface area contributed by atoms with Crippen molar-refractivity contribution >= 4 is 11.6 Å². The highest BCUT2D eigenvalue weighted by atomic mass is 35.5. The van der Waals surface area contributed by atoms with E-state index in [0.717, 1.165) is 30.3 Å². The van der Waals surface area contributed by atoms with E-state index in [2.05, 4.69) is 6.92 Å². The molecule has 1 aromatic carbocycles. The lowest BCUT2D eigenvalue weighted by molar-refractivity contribution is 0.217. The van der Waals surface area contributed by atoms with Crippen LogP contribution in [0.5, 0.6) is 11.5 Å². The van der Waals surface area contributed by atoms with E-state index in [0.29, 0.717) is 17.9 Å². The highest BCUT2D eigenvalue weighted by Crippen LogP contribution is 2.35. The molecule has 0 N–H and O–H groups in total. The highest BCUT2D eigenvalue weighted by molar-refractivity contribution is 6.20. The van der Waals surface area contributed by atoms with Gasteiger partial charge >= 0.3 is 0 Å². The van der Waals surface area contributed by atoms with E-state index in [1.165, 1.54) is 12.8 Å². The average molecular weight is 283 g/mol. The van der Waals surface area contributed by atoms with Crippen LogP contribution in [0.3, 0.4) is 0 Å². The molecule has 0 amide bonds. The first kappa shape index (κ1) is 14.5. The molecule has 0 radical (unpaired) electrons. The smallest absolute Gasteiger partial charge is 0.161 e. The molecule has 1 aliphatic rings. The number of rotatable bonds is 5. The quantitative estimate of drug-likeness (QED) is 0.740. The Balaban J connectivity index is 1.82. The lowest BCUT2D eigenvalue weighted by Gasteiger charge is -2.31. The SMILES string of the molecule is COc1ccccc1OCCC1CC(C)CCC1Cl. The van der Waals surface area contributed by atoms with E-state index in [-0.39, 0.29) is 0 Å². The Hall–Kier alpha value is -0.890. The molecule has 1 aliphatic carbocycles. The lowest BCUT2D eigenvalue weighted by atomic mass is 9.80. The molecule has 2 nitrogen and oxygen atoms in total. The molecular formula is C16H23ClO2. The molecular weight excluding hydrogens is 260 g/mol. The molecule has 3 heteroatoms. The van der Waals surface area contributed by atoms with E-state index >= 15 is 0 Å². The van der Waals surface area contributed by atoms with Gasteiger partial charge < -0.3 is 9.47 Å². The molecule has 1 fully saturated rings. The van der Waals surface area contributed by atoms with Gasteiger partial charge in [-0.25, -0.2) is 0 Å². The first-order valence-corrected chi connectivity index (χ1v) is 7.54. The van der Waals surface area contributed by atoms with Crippen LogP contribution in [0, 0.1) is 11.8 Å². The summed E-state index contributed by atoms with van der Waals surface area (Å²) in [6.07, 6.45) is 4.65. The molecule has 0 saturated heterocycles. The summed E-state index contributed by atoms with van der Waals surface area (Å²) >= 11 is 6.41. The van der Waals surface area contributed by atoms with Crippen LogP contribution < -0.4 is 9.47 Å². The van der Waals surface area contributed by atoms with Gasteiger partial charge in [-0.1, -0.05) is 19.1 Å². The van der Waals surface area contributed by atoms with Crippen molar-refractivity contribution < 1.29 is 9.47 Å². The third-order valence-electron chi connectivity index (χ3n) is 3.97. The number of hydrogen-bond acceptors (Lipinski definition) is 2. The van der Waals surface area contributed by atoms with Crippen LogP contribution in [0.4, 0.5) is 0 Å². The van der Waals surface area contributed by atoms with Gasteiger partial charge in [-0.2, -0.15) is 0 Å². The first-order valence-electron chi connectivity index (χ1n) is 7.10. The zero-order chi connectivity index (χ0) is 13.7. The molecule has 0 aromatic heterocycles. The maximum atomic E-state index is 6.41. The van der Waals surface area contributed by atoms with Crippen molar-refractivity contribution in [2.45, 2.75) is 38.0 Å². The van der Waals surface area contributed by atoms with Gasteiger partial charge in [0.2, 0.25) is 0 Å². The van der Waals surface area contributed by atoms with Gasteiger partial charge in [0.1, 0.15) is 0 Å². The summed E-state index contributed by atoms with van der Waals surface area (Å²) in [6.45, 7) is 3.03. The molecule has 2 rings (SSSR count). The topological polar surface area (TPSA) is 18.5 Å². The summed E-state index contributed by atoms with van der Waals surface area (Å²) in [5.41, 5.74) is 0. The third kappa shape index (κ3) is 4.04. The fourth-order valence-electron chi connectivity index (χ4n) is 2.82. The van der Waals surface area contributed by atoms with E-state index in [1.54, 1.807) is 7.11 Å². The molecule has 3 atom stereocenters. The number of ether oxygens (including phenoxy) is 2. The van der Waals surface area contributed by atoms with E-state index in [4.69, 9.17) is 21.1 Å². The normalized spacial score (nSPS) is 27.0. The fraction of sp³-hybridized carbons (Fsp3) is 0.625. The predicted molar refractivity (Wildman–Crippen MR) is 79.3 cm³/mol. The molecule has 106 valence electrons. The zero-order valence-corrected chi connectivity index (χ0v) is 12.5. The number of benzene rings is 1. The molecule has 19 heavy (non-hydrogen) atoms. The number of hydrogen-bond donors (Lipinski definition) is 0. The summed E-state index contributed by atoms with van der Waals surface area (Å²) in [5.74, 6) is 2.99. The van der Waals surface area contributed by atoms with Crippen LogP contribution in [-0.2, 0) is 0 Å². The lowest BCUT2D eigenvalue weighted by Crippen LogP contribution is -2.25. The van der Waals surface area contributed by atoms with Gasteiger partial charge in [-0.15, -0.1) is 11.6 Å². The van der Waals surface area contributed by atoms with Crippen molar-refractivity contribution in [1.82, 2.24) is 0 Å². The number of para-hydroxylation sites is 2. The van der Waals surface area contributed by atoms with Crippen LogP contribution in [0.15, 0.2) is 24.3 Å². The van der Waals surface area contributed by atoms with Crippen LogP contribution in [0.1, 0.15) is 32.6 Å². The van der Waals surface area contributed by atoms with Crippen LogP contribution in [-0.4, -0.2) is 19.1 Å². The largest absolute Gasteiger partial charge is 0.493 e. The monoisotopic (exact) mass is 282 g/mol. The minimum atomic E-state index is 0.317. The van der Waals surface area contributed by atoms with Crippen molar-refractivity contribution in [2.24, 2.45) is 11.8 Å². The Morgan fingerprint density at radius 1 is 1.21 bits per heavy atom. The number of halogens is 1. The van der Waals surface area contributed by atoms with Gasteiger partial charge in [0, 0.05) is 5.38 Å². The van der Waals surface area contributed by atoms with E-state index in [1.807, 2.05) is 24.3 Å².